The van der Waals surface area contributed by atoms with Gasteiger partial charge in [0.15, 0.2) is 0 Å². The third kappa shape index (κ3) is 5.73. The van der Waals surface area contributed by atoms with Gasteiger partial charge in [-0.2, -0.15) is 0 Å². The molecule has 0 unspecified atom stereocenters. The van der Waals surface area contributed by atoms with Gasteiger partial charge in [-0.05, 0) is 26.0 Å². The minimum atomic E-state index is -0.557. The minimum Gasteiger partial charge on any atom is -0.461 e. The molecular weight excluding hydrogens is 280 g/mol. The second-order valence-corrected chi connectivity index (χ2v) is 4.17. The zero-order valence-corrected chi connectivity index (χ0v) is 12.8. The van der Waals surface area contributed by atoms with Gasteiger partial charge < -0.3 is 9.47 Å². The lowest BCUT2D eigenvalue weighted by atomic mass is 10.1. The average molecular weight is 298 g/mol. The highest BCUT2D eigenvalue weighted by Crippen LogP contribution is 2.12. The van der Waals surface area contributed by atoms with E-state index < -0.39 is 11.9 Å². The molecule has 0 bridgehead atoms. The summed E-state index contributed by atoms with van der Waals surface area (Å²) >= 11 is 0. The van der Waals surface area contributed by atoms with Gasteiger partial charge in [-0.15, -0.1) is 23.7 Å². The molecule has 1 rings (SSSR count). The number of carbonyl (C=O) groups excluding carboxylic acids is 2. The van der Waals surface area contributed by atoms with Crippen LogP contribution >= 0.6 is 0 Å². The standard InChI is InChI=1S/C18H18O4/c1-3-5-9-13-21-17(19)15-11-7-8-12-16(15)18(20)22-14-10-6-4-2/h7-8,11-12H,9-10,13-14H2,1-2H3. The maximum absolute atomic E-state index is 12.0. The first-order valence-electron chi connectivity index (χ1n) is 6.93. The molecule has 0 amide bonds. The van der Waals surface area contributed by atoms with Gasteiger partial charge in [-0.1, -0.05) is 12.1 Å². The summed E-state index contributed by atoms with van der Waals surface area (Å²) in [6.07, 6.45) is 0.926. The molecule has 0 spiro atoms. The molecule has 0 radical (unpaired) electrons. The number of benzene rings is 1. The largest absolute Gasteiger partial charge is 0.461 e. The topological polar surface area (TPSA) is 52.6 Å². The maximum Gasteiger partial charge on any atom is 0.339 e. The van der Waals surface area contributed by atoms with Gasteiger partial charge in [0.25, 0.3) is 0 Å². The van der Waals surface area contributed by atoms with Crippen LogP contribution in [0.25, 0.3) is 0 Å². The number of rotatable bonds is 6. The molecule has 4 nitrogen and oxygen atoms in total. The normalized spacial score (nSPS) is 8.82. The number of carbonyl (C=O) groups is 2. The molecule has 0 saturated carbocycles. The van der Waals surface area contributed by atoms with Crippen LogP contribution in [0.1, 0.15) is 47.4 Å². The first kappa shape index (κ1) is 17.3. The molecule has 0 heterocycles. The molecule has 114 valence electrons. The lowest BCUT2D eigenvalue weighted by molar-refractivity contribution is 0.0466. The SMILES string of the molecule is CC#CCCOC(=O)c1ccccc1C(=O)OCCC#CC. The zero-order valence-electron chi connectivity index (χ0n) is 12.8. The number of ether oxygens (including phenoxy) is 2. The number of hydrogen-bond acceptors (Lipinski definition) is 4. The highest BCUT2D eigenvalue weighted by molar-refractivity contribution is 6.03. The van der Waals surface area contributed by atoms with Crippen molar-refractivity contribution in [1.82, 2.24) is 0 Å². The smallest absolute Gasteiger partial charge is 0.339 e. The van der Waals surface area contributed by atoms with E-state index in [0.29, 0.717) is 12.8 Å². The van der Waals surface area contributed by atoms with Crippen LogP contribution in [0, 0.1) is 23.7 Å². The Kier molecular flexibility index (Phi) is 7.93. The first-order valence-corrected chi connectivity index (χ1v) is 6.93. The van der Waals surface area contributed by atoms with E-state index in [4.69, 9.17) is 9.47 Å². The molecule has 22 heavy (non-hydrogen) atoms. The van der Waals surface area contributed by atoms with Gasteiger partial charge >= 0.3 is 11.9 Å². The molecule has 4 heteroatoms. The van der Waals surface area contributed by atoms with Crippen molar-refractivity contribution in [3.63, 3.8) is 0 Å². The lowest BCUT2D eigenvalue weighted by Crippen LogP contribution is -2.14. The summed E-state index contributed by atoms with van der Waals surface area (Å²) in [5.74, 6) is 9.92. The van der Waals surface area contributed by atoms with Crippen molar-refractivity contribution >= 4 is 11.9 Å². The summed E-state index contributed by atoms with van der Waals surface area (Å²) in [4.78, 5) is 24.0. The Labute approximate surface area is 130 Å². The van der Waals surface area contributed by atoms with E-state index in [0.717, 1.165) is 0 Å². The van der Waals surface area contributed by atoms with Crippen molar-refractivity contribution in [3.05, 3.63) is 35.4 Å². The molecule has 0 saturated heterocycles. The van der Waals surface area contributed by atoms with Crippen LogP contribution in [0.15, 0.2) is 24.3 Å². The van der Waals surface area contributed by atoms with Gasteiger partial charge in [0.2, 0.25) is 0 Å². The molecule has 1 aromatic carbocycles. The monoisotopic (exact) mass is 298 g/mol. The van der Waals surface area contributed by atoms with Crippen LogP contribution in [0.4, 0.5) is 0 Å². The fourth-order valence-corrected chi connectivity index (χ4v) is 1.63. The van der Waals surface area contributed by atoms with Gasteiger partial charge in [0, 0.05) is 12.8 Å². The van der Waals surface area contributed by atoms with Crippen molar-refractivity contribution in [2.75, 3.05) is 13.2 Å². The van der Waals surface area contributed by atoms with E-state index in [1.807, 2.05) is 0 Å². The Balaban J connectivity index is 2.70. The van der Waals surface area contributed by atoms with Crippen molar-refractivity contribution in [2.24, 2.45) is 0 Å². The summed E-state index contributed by atoms with van der Waals surface area (Å²) < 4.78 is 10.2. The van der Waals surface area contributed by atoms with Gasteiger partial charge in [0.05, 0.1) is 11.1 Å². The second kappa shape index (κ2) is 10.1. The van der Waals surface area contributed by atoms with Crippen LogP contribution in [0.3, 0.4) is 0 Å². The highest BCUT2D eigenvalue weighted by atomic mass is 16.5. The Morgan fingerprint density at radius 2 is 1.27 bits per heavy atom. The highest BCUT2D eigenvalue weighted by Gasteiger charge is 2.18. The Bertz CT molecular complexity index is 581. The van der Waals surface area contributed by atoms with Crippen LogP contribution in [0.2, 0.25) is 0 Å². The average Bonchev–Trinajstić information content (AvgIpc) is 2.55. The Hall–Kier alpha value is -2.72. The summed E-state index contributed by atoms with van der Waals surface area (Å²) in [5, 5.41) is 0. The fraction of sp³-hybridized carbons (Fsp3) is 0.333. The fourth-order valence-electron chi connectivity index (χ4n) is 1.63. The molecule has 0 N–H and O–H groups in total. The Morgan fingerprint density at radius 1 is 0.864 bits per heavy atom. The molecule has 0 aromatic heterocycles. The van der Waals surface area contributed by atoms with Crippen molar-refractivity contribution in [1.29, 1.82) is 0 Å². The molecule has 1 aromatic rings. The van der Waals surface area contributed by atoms with Crippen molar-refractivity contribution in [3.8, 4) is 23.7 Å². The predicted molar refractivity (Wildman–Crippen MR) is 83.1 cm³/mol. The van der Waals surface area contributed by atoms with Gasteiger partial charge in [-0.3, -0.25) is 0 Å². The van der Waals surface area contributed by atoms with Crippen molar-refractivity contribution < 1.29 is 19.1 Å². The summed E-state index contributed by atoms with van der Waals surface area (Å²) in [7, 11) is 0. The molecule has 0 aliphatic carbocycles. The van der Waals surface area contributed by atoms with Crippen LogP contribution in [-0.2, 0) is 9.47 Å². The first-order chi connectivity index (χ1) is 10.7. The quantitative estimate of drug-likeness (QED) is 0.460. The molecule has 0 atom stereocenters. The summed E-state index contributed by atoms with van der Waals surface area (Å²) in [6, 6.07) is 6.41. The van der Waals surface area contributed by atoms with E-state index in [2.05, 4.69) is 23.7 Å². The van der Waals surface area contributed by atoms with E-state index in [-0.39, 0.29) is 24.3 Å². The van der Waals surface area contributed by atoms with Crippen molar-refractivity contribution in [2.45, 2.75) is 26.7 Å². The zero-order chi connectivity index (χ0) is 16.2. The second-order valence-electron chi connectivity index (χ2n) is 4.17. The van der Waals surface area contributed by atoms with Crippen LogP contribution in [0.5, 0.6) is 0 Å². The van der Waals surface area contributed by atoms with Gasteiger partial charge in [-0.25, -0.2) is 9.59 Å². The third-order valence-corrected chi connectivity index (χ3v) is 2.64. The van der Waals surface area contributed by atoms with E-state index in [1.165, 1.54) is 12.1 Å². The van der Waals surface area contributed by atoms with Crippen LogP contribution < -0.4 is 0 Å². The molecular formula is C18H18O4. The number of hydrogen-bond donors (Lipinski definition) is 0. The van der Waals surface area contributed by atoms with Crippen LogP contribution in [-0.4, -0.2) is 25.2 Å². The Morgan fingerprint density at radius 3 is 1.64 bits per heavy atom. The molecule has 0 fully saturated rings. The lowest BCUT2D eigenvalue weighted by Gasteiger charge is -2.08. The summed E-state index contributed by atoms with van der Waals surface area (Å²) in [6.45, 7) is 3.82. The maximum atomic E-state index is 12.0. The summed E-state index contributed by atoms with van der Waals surface area (Å²) in [5.41, 5.74) is 0.386. The van der Waals surface area contributed by atoms with E-state index in [1.54, 1.807) is 26.0 Å². The number of esters is 2. The van der Waals surface area contributed by atoms with E-state index in [9.17, 15) is 9.59 Å². The molecule has 0 aliphatic rings. The van der Waals surface area contributed by atoms with E-state index >= 15 is 0 Å². The predicted octanol–water partition coefficient (Wildman–Crippen LogP) is 2.83. The minimum absolute atomic E-state index is 0.190. The third-order valence-electron chi connectivity index (χ3n) is 2.64. The molecule has 0 aliphatic heterocycles. The van der Waals surface area contributed by atoms with Gasteiger partial charge in [0.1, 0.15) is 13.2 Å².